The molecule has 2 atom stereocenters. The molecular weight excluding hydrogens is 472 g/mol. The number of nitrogens with one attached hydrogen (secondary N) is 1. The van der Waals surface area contributed by atoms with E-state index in [1.807, 2.05) is 36.6 Å². The zero-order chi connectivity index (χ0) is 23.7. The van der Waals surface area contributed by atoms with Gasteiger partial charge in [0.2, 0.25) is 6.10 Å². The number of amides is 1. The van der Waals surface area contributed by atoms with E-state index in [2.05, 4.69) is 15.4 Å². The second kappa shape index (κ2) is 9.40. The second-order valence-electron chi connectivity index (χ2n) is 7.79. The van der Waals surface area contributed by atoms with Crippen LogP contribution in [0.15, 0.2) is 58.7 Å². The first kappa shape index (κ1) is 22.3. The summed E-state index contributed by atoms with van der Waals surface area (Å²) in [6.45, 7) is 4.18. The van der Waals surface area contributed by atoms with Gasteiger partial charge in [0, 0.05) is 12.6 Å². The summed E-state index contributed by atoms with van der Waals surface area (Å²) in [5.74, 6) is 0.852. The van der Waals surface area contributed by atoms with Crippen molar-refractivity contribution in [1.29, 1.82) is 0 Å². The van der Waals surface area contributed by atoms with Crippen LogP contribution < -0.4 is 20.3 Å². The molecule has 34 heavy (non-hydrogen) atoms. The Morgan fingerprint density at radius 1 is 1.12 bits per heavy atom. The monoisotopic (exact) mass is 494 g/mol. The highest BCUT2D eigenvalue weighted by Gasteiger charge is 2.33. The van der Waals surface area contributed by atoms with Crippen LogP contribution in [0.25, 0.3) is 20.5 Å². The van der Waals surface area contributed by atoms with Crippen molar-refractivity contribution in [2.45, 2.75) is 32.6 Å². The third kappa shape index (κ3) is 4.46. The van der Waals surface area contributed by atoms with Gasteiger partial charge in [0.25, 0.3) is 11.5 Å². The molecule has 1 aliphatic rings. The van der Waals surface area contributed by atoms with Crippen LogP contribution in [0.5, 0.6) is 11.5 Å². The zero-order valence-electron chi connectivity index (χ0n) is 18.6. The molecule has 3 aromatic heterocycles. The minimum Gasteiger partial charge on any atom is -0.482 e. The molecular formula is C24H22N4O4S2. The van der Waals surface area contributed by atoms with Gasteiger partial charge in [-0.1, -0.05) is 18.2 Å². The van der Waals surface area contributed by atoms with Gasteiger partial charge in [0.1, 0.15) is 16.8 Å². The number of hydrogen-bond acceptors (Lipinski definition) is 8. The summed E-state index contributed by atoms with van der Waals surface area (Å²) in [6, 6.07) is 14.5. The maximum absolute atomic E-state index is 12.7. The number of para-hydroxylation sites is 2. The Kier molecular flexibility index (Phi) is 6.16. The number of fused-ring (bicyclic) bond motifs is 1. The summed E-state index contributed by atoms with van der Waals surface area (Å²) in [5.41, 5.74) is 1.30. The van der Waals surface area contributed by atoms with Crippen molar-refractivity contribution in [2.24, 2.45) is 0 Å². The molecule has 10 heteroatoms. The molecule has 1 aliphatic heterocycles. The normalized spacial score (nSPS) is 16.9. The fourth-order valence-electron chi connectivity index (χ4n) is 3.66. The Hall–Kier alpha value is -3.50. The number of aromatic nitrogens is 3. The van der Waals surface area contributed by atoms with E-state index in [-0.39, 0.29) is 24.6 Å². The highest BCUT2D eigenvalue weighted by atomic mass is 32.1. The average molecular weight is 495 g/mol. The lowest BCUT2D eigenvalue weighted by molar-refractivity contribution is -0.133. The summed E-state index contributed by atoms with van der Waals surface area (Å²) in [5, 5.41) is 10.3. The van der Waals surface area contributed by atoms with Crippen LogP contribution in [0.4, 0.5) is 0 Å². The zero-order valence-corrected chi connectivity index (χ0v) is 20.2. The quantitative estimate of drug-likeness (QED) is 0.439. The fraction of sp³-hybridized carbons (Fsp3) is 0.250. The molecule has 5 rings (SSSR count). The highest BCUT2D eigenvalue weighted by Crippen LogP contribution is 2.36. The average Bonchev–Trinajstić information content (AvgIpc) is 3.50. The van der Waals surface area contributed by atoms with Gasteiger partial charge in [-0.05, 0) is 43.5 Å². The van der Waals surface area contributed by atoms with Crippen molar-refractivity contribution in [3.05, 3.63) is 70.0 Å². The molecule has 4 heterocycles. The predicted octanol–water partition coefficient (Wildman–Crippen LogP) is 3.75. The number of thiophene rings is 1. The van der Waals surface area contributed by atoms with Crippen molar-refractivity contribution < 1.29 is 14.3 Å². The van der Waals surface area contributed by atoms with E-state index in [9.17, 15) is 9.59 Å². The van der Waals surface area contributed by atoms with Crippen molar-refractivity contribution in [1.82, 2.24) is 20.1 Å². The molecule has 1 aromatic carbocycles. The number of carbonyl (C=O) groups excluding carboxylic acids is 1. The summed E-state index contributed by atoms with van der Waals surface area (Å²) in [6.07, 6.45) is -1.22. The van der Waals surface area contributed by atoms with Crippen LogP contribution in [-0.2, 0) is 11.3 Å². The fourth-order valence-corrected chi connectivity index (χ4v) is 5.49. The Morgan fingerprint density at radius 3 is 2.68 bits per heavy atom. The number of nitrogens with zero attached hydrogens (tertiary/aromatic N) is 3. The van der Waals surface area contributed by atoms with E-state index < -0.39 is 12.2 Å². The van der Waals surface area contributed by atoms with E-state index in [1.54, 1.807) is 47.8 Å². The van der Waals surface area contributed by atoms with E-state index in [0.29, 0.717) is 17.2 Å². The Bertz CT molecular complexity index is 1380. The van der Waals surface area contributed by atoms with Crippen LogP contribution in [0, 0.1) is 6.92 Å². The number of rotatable bonds is 6. The number of hydrogen-bond donors (Lipinski definition) is 1. The van der Waals surface area contributed by atoms with Gasteiger partial charge in [-0.2, -0.15) is 5.10 Å². The number of benzene rings is 1. The van der Waals surface area contributed by atoms with Gasteiger partial charge < -0.3 is 14.8 Å². The largest absolute Gasteiger partial charge is 0.482 e. The van der Waals surface area contributed by atoms with Crippen LogP contribution >= 0.6 is 22.7 Å². The molecule has 8 nitrogen and oxygen atoms in total. The SMILES string of the molecule is Cc1nc(-c2cccs2)sc1-c1ccc(=O)n(CCNC(=O)C2Oc3ccccc3OC2C)n1. The maximum atomic E-state index is 12.7. The topological polar surface area (TPSA) is 95.3 Å². The Labute approximate surface area is 203 Å². The van der Waals surface area contributed by atoms with E-state index in [4.69, 9.17) is 9.47 Å². The first-order chi connectivity index (χ1) is 16.5. The molecule has 0 saturated carbocycles. The highest BCUT2D eigenvalue weighted by molar-refractivity contribution is 7.23. The molecule has 1 amide bonds. The number of thiazole rings is 1. The van der Waals surface area contributed by atoms with Crippen LogP contribution in [0.1, 0.15) is 12.6 Å². The van der Waals surface area contributed by atoms with Crippen molar-refractivity contribution >= 4 is 28.6 Å². The molecule has 0 saturated heterocycles. The van der Waals surface area contributed by atoms with Gasteiger partial charge in [0.05, 0.1) is 22.0 Å². The molecule has 1 N–H and O–H groups in total. The van der Waals surface area contributed by atoms with Crippen molar-refractivity contribution in [3.63, 3.8) is 0 Å². The standard InChI is InChI=1S/C24H22N4O4S2/c1-14-22(34-24(26-14)19-8-5-13-33-19)16-9-10-20(29)28(27-16)12-11-25-23(30)21-15(2)31-17-6-3-4-7-18(17)32-21/h3-10,13,15,21H,11-12H2,1-2H3,(H,25,30). The third-order valence-electron chi connectivity index (χ3n) is 5.35. The van der Waals surface area contributed by atoms with Gasteiger partial charge in [-0.15, -0.1) is 22.7 Å². The molecule has 0 spiro atoms. The minimum atomic E-state index is -0.776. The summed E-state index contributed by atoms with van der Waals surface area (Å²) in [4.78, 5) is 31.8. The first-order valence-electron chi connectivity index (χ1n) is 10.8. The van der Waals surface area contributed by atoms with Gasteiger partial charge in [-0.3, -0.25) is 9.59 Å². The third-order valence-corrected chi connectivity index (χ3v) is 7.57. The van der Waals surface area contributed by atoms with Gasteiger partial charge in [-0.25, -0.2) is 9.67 Å². The smallest absolute Gasteiger partial charge is 0.266 e. The van der Waals surface area contributed by atoms with Gasteiger partial charge in [0.15, 0.2) is 11.5 Å². The van der Waals surface area contributed by atoms with Crippen LogP contribution in [-0.4, -0.2) is 39.4 Å². The van der Waals surface area contributed by atoms with Crippen LogP contribution in [0.2, 0.25) is 0 Å². The Balaban J connectivity index is 1.26. The molecule has 0 bridgehead atoms. The number of carbonyl (C=O) groups is 1. The summed E-state index contributed by atoms with van der Waals surface area (Å²) in [7, 11) is 0. The lowest BCUT2D eigenvalue weighted by atomic mass is 10.1. The molecule has 4 aromatic rings. The number of ether oxygens (including phenoxy) is 2. The lowest BCUT2D eigenvalue weighted by Gasteiger charge is -2.31. The minimum absolute atomic E-state index is 0.228. The molecule has 0 radical (unpaired) electrons. The van der Waals surface area contributed by atoms with Crippen molar-refractivity contribution in [2.75, 3.05) is 6.54 Å². The number of aryl methyl sites for hydroxylation is 1. The van der Waals surface area contributed by atoms with E-state index in [1.165, 1.54) is 10.7 Å². The first-order valence-corrected chi connectivity index (χ1v) is 12.5. The molecule has 0 aliphatic carbocycles. The molecule has 174 valence electrons. The van der Waals surface area contributed by atoms with E-state index in [0.717, 1.165) is 20.5 Å². The second-order valence-corrected chi connectivity index (χ2v) is 9.74. The van der Waals surface area contributed by atoms with Crippen molar-refractivity contribution in [3.8, 4) is 32.0 Å². The summed E-state index contributed by atoms with van der Waals surface area (Å²) < 4.78 is 13.0. The van der Waals surface area contributed by atoms with Gasteiger partial charge >= 0.3 is 0 Å². The molecule has 0 fully saturated rings. The lowest BCUT2D eigenvalue weighted by Crippen LogP contribution is -2.49. The van der Waals surface area contributed by atoms with Crippen LogP contribution in [0.3, 0.4) is 0 Å². The maximum Gasteiger partial charge on any atom is 0.266 e. The molecule has 2 unspecified atom stereocenters. The Morgan fingerprint density at radius 2 is 1.91 bits per heavy atom. The predicted molar refractivity (Wildman–Crippen MR) is 132 cm³/mol. The van der Waals surface area contributed by atoms with E-state index >= 15 is 0 Å². The summed E-state index contributed by atoms with van der Waals surface area (Å²) >= 11 is 3.18.